The van der Waals surface area contributed by atoms with Gasteiger partial charge in [-0.3, -0.25) is 0 Å². The third kappa shape index (κ3) is 5.14. The maximum absolute atomic E-state index is 2.73. The minimum atomic E-state index is -1.96. The van der Waals surface area contributed by atoms with Crippen molar-refractivity contribution < 1.29 is 46.1 Å². The van der Waals surface area contributed by atoms with Crippen molar-refractivity contribution in [3.05, 3.63) is 63.0 Å². The van der Waals surface area contributed by atoms with E-state index in [0.29, 0.717) is 0 Å². The van der Waals surface area contributed by atoms with E-state index in [1.54, 1.807) is 32.6 Å². The third-order valence-electron chi connectivity index (χ3n) is 7.42. The molecule has 0 amide bonds. The van der Waals surface area contributed by atoms with E-state index in [4.69, 9.17) is 0 Å². The zero-order chi connectivity index (χ0) is 22.0. The normalized spacial score (nSPS) is 16.0. The van der Waals surface area contributed by atoms with E-state index in [0.717, 1.165) is 6.42 Å². The zero-order valence-corrected chi connectivity index (χ0v) is 26.9. The minimum absolute atomic E-state index is 0. The Labute approximate surface area is 223 Å². The molecule has 0 bridgehead atoms. The summed E-state index contributed by atoms with van der Waals surface area (Å²) >= 11 is -1.96. The fraction of sp³-hybridized carbons (Fsp3) is 0.393. The molecule has 2 aromatic rings. The summed E-state index contributed by atoms with van der Waals surface area (Å²) in [5, 5.41) is 3.28. The largest absolute Gasteiger partial charge is 1.00 e. The van der Waals surface area contributed by atoms with Crippen LogP contribution in [0.5, 0.6) is 0 Å². The predicted molar refractivity (Wildman–Crippen MR) is 141 cm³/mol. The van der Waals surface area contributed by atoms with Crippen molar-refractivity contribution in [2.75, 3.05) is 0 Å². The van der Waals surface area contributed by atoms with Gasteiger partial charge in [0.2, 0.25) is 0 Å². The first kappa shape index (κ1) is 27.3. The van der Waals surface area contributed by atoms with Gasteiger partial charge in [0, 0.05) is 0 Å². The molecule has 0 aromatic heterocycles. The monoisotopic (exact) mass is 588 g/mol. The number of rotatable bonds is 4. The molecule has 33 heavy (non-hydrogen) atoms. The second kappa shape index (κ2) is 9.98. The van der Waals surface area contributed by atoms with Gasteiger partial charge >= 0.3 is 200 Å². The molecular weight excluding hydrogens is 555 g/mol. The Morgan fingerprint density at radius 3 is 2.00 bits per heavy atom. The first-order valence-corrected chi connectivity index (χ1v) is 22.7. The van der Waals surface area contributed by atoms with E-state index in [-0.39, 0.29) is 24.8 Å². The topological polar surface area (TPSA) is 0 Å². The van der Waals surface area contributed by atoms with Gasteiger partial charge in [0.15, 0.2) is 0 Å². The van der Waals surface area contributed by atoms with Crippen molar-refractivity contribution in [1.29, 1.82) is 0 Å². The fourth-order valence-corrected chi connectivity index (χ4v) is 16.4. The van der Waals surface area contributed by atoms with E-state index >= 15 is 0 Å². The standard InChI is InChI=1S/C19H25Si2.C5H5.C4H6.2ClH.Zr/c1-20(2,3)16-9-7-14-11-15-8-10-17(21(4,5)6)13-19(15)18(14)12-16;1-2-4-5-3-1;1-2-4-3-1;;;/h7,9-10,12-13H,11H2,1-6H3;1-3H,4H2;1-3H2;2*1H;/q;;;;;+2/p-2. The summed E-state index contributed by atoms with van der Waals surface area (Å²) in [5.41, 5.74) is 6.46. The second-order valence-corrected chi connectivity index (χ2v) is 28.4. The molecule has 0 atom stereocenters. The van der Waals surface area contributed by atoms with Gasteiger partial charge in [-0.25, -0.2) is 0 Å². The summed E-state index contributed by atoms with van der Waals surface area (Å²) in [6.45, 7) is 15.0. The fourth-order valence-electron chi connectivity index (χ4n) is 5.22. The third-order valence-corrected chi connectivity index (χ3v) is 19.4. The summed E-state index contributed by atoms with van der Waals surface area (Å²) in [6.07, 6.45) is 13.8. The van der Waals surface area contributed by atoms with Gasteiger partial charge in [-0.05, 0) is 0 Å². The van der Waals surface area contributed by atoms with Crippen LogP contribution in [0.4, 0.5) is 0 Å². The van der Waals surface area contributed by atoms with Crippen molar-refractivity contribution >= 4 is 33.0 Å². The van der Waals surface area contributed by atoms with Gasteiger partial charge in [0.05, 0.1) is 0 Å². The van der Waals surface area contributed by atoms with E-state index in [1.807, 2.05) is 9.76 Å². The first-order chi connectivity index (χ1) is 14.6. The van der Waals surface area contributed by atoms with Crippen molar-refractivity contribution in [1.82, 2.24) is 0 Å². The predicted octanol–water partition coefficient (Wildman–Crippen LogP) is -0.200. The van der Waals surface area contributed by atoms with Crippen LogP contribution in [0.2, 0.25) is 39.3 Å². The number of hydrogen-bond acceptors (Lipinski definition) is 0. The molecule has 0 unspecified atom stereocenters. The van der Waals surface area contributed by atoms with Crippen molar-refractivity contribution in [2.45, 2.75) is 71.4 Å². The maximum Gasteiger partial charge on any atom is -1.00 e. The molecule has 3 aliphatic carbocycles. The Balaban J connectivity index is 0.00000153. The van der Waals surface area contributed by atoms with Crippen molar-refractivity contribution in [2.24, 2.45) is 0 Å². The van der Waals surface area contributed by atoms with Gasteiger partial charge in [-0.15, -0.1) is 0 Å². The average molecular weight is 591 g/mol. The number of allylic oxidation sites excluding steroid dienone is 4. The summed E-state index contributed by atoms with van der Waals surface area (Å²) in [6, 6.07) is 12.9. The molecule has 0 N–H and O–H groups in total. The van der Waals surface area contributed by atoms with Crippen LogP contribution in [0.15, 0.2) is 51.8 Å². The maximum atomic E-state index is 2.73. The van der Waals surface area contributed by atoms with Gasteiger partial charge in [-0.1, -0.05) is 0 Å². The molecule has 174 valence electrons. The van der Waals surface area contributed by atoms with Gasteiger partial charge in [-0.2, -0.15) is 0 Å². The van der Waals surface area contributed by atoms with Crippen LogP contribution >= 0.6 is 0 Å². The van der Waals surface area contributed by atoms with E-state index in [9.17, 15) is 0 Å². The molecule has 0 nitrogen and oxygen atoms in total. The van der Waals surface area contributed by atoms with Gasteiger partial charge < -0.3 is 24.8 Å². The number of fused-ring (bicyclic) bond motifs is 3. The van der Waals surface area contributed by atoms with Gasteiger partial charge in [0.25, 0.3) is 0 Å². The number of halogens is 2. The molecule has 0 radical (unpaired) electrons. The molecule has 5 rings (SSSR count). The zero-order valence-electron chi connectivity index (χ0n) is 20.9. The molecule has 0 saturated heterocycles. The molecule has 2 aromatic carbocycles. The van der Waals surface area contributed by atoms with Crippen LogP contribution in [0, 0.1) is 0 Å². The molecule has 1 fully saturated rings. The van der Waals surface area contributed by atoms with Gasteiger partial charge in [0.1, 0.15) is 0 Å². The summed E-state index contributed by atoms with van der Waals surface area (Å²) in [5.74, 6) is 0. The summed E-state index contributed by atoms with van der Waals surface area (Å²) in [4.78, 5) is 0. The van der Waals surface area contributed by atoms with Crippen LogP contribution in [-0.4, -0.2) is 19.4 Å². The minimum Gasteiger partial charge on any atom is -1.00 e. The molecule has 0 spiro atoms. The Morgan fingerprint density at radius 2 is 1.45 bits per heavy atom. The quantitative estimate of drug-likeness (QED) is 0.370. The van der Waals surface area contributed by atoms with Crippen LogP contribution in [0.1, 0.15) is 36.8 Å². The number of hydrogen-bond donors (Lipinski definition) is 0. The van der Waals surface area contributed by atoms with Crippen LogP contribution in [0.25, 0.3) is 11.1 Å². The molecular formula is C28H36Cl2Si2Zr. The molecule has 5 heteroatoms. The molecule has 1 saturated carbocycles. The Kier molecular flexibility index (Phi) is 8.25. The molecule has 3 aliphatic rings. The molecule has 0 heterocycles. The second-order valence-electron chi connectivity index (χ2n) is 11.8. The van der Waals surface area contributed by atoms with Crippen molar-refractivity contribution in [3.8, 4) is 11.1 Å². The van der Waals surface area contributed by atoms with Crippen LogP contribution in [0.3, 0.4) is 0 Å². The Morgan fingerprint density at radius 1 is 0.788 bits per heavy atom. The Hall–Kier alpha value is -0.313. The smallest absolute Gasteiger partial charge is 1.00 e. The molecule has 0 aliphatic heterocycles. The average Bonchev–Trinajstić information content (AvgIpc) is 3.29. The summed E-state index contributed by atoms with van der Waals surface area (Å²) in [7, 11) is -2.71. The summed E-state index contributed by atoms with van der Waals surface area (Å²) < 4.78 is 5.64. The number of benzene rings is 2. The Bertz CT molecular complexity index is 1170. The first-order valence-electron chi connectivity index (χ1n) is 12.0. The SMILES string of the molecule is C[Si](C)(C)c1ccc2c(c1)-c1cc([Si](C)(C)C)c[c]([Zr+2]([C]3=CC=CC3)=[C]3CCC3)c1C2.[Cl-].[Cl-]. The van der Waals surface area contributed by atoms with Crippen molar-refractivity contribution in [3.63, 3.8) is 0 Å². The van der Waals surface area contributed by atoms with Crippen LogP contribution < -0.4 is 38.5 Å². The van der Waals surface area contributed by atoms with E-state index < -0.39 is 37.4 Å². The van der Waals surface area contributed by atoms with E-state index in [2.05, 4.69) is 87.8 Å². The van der Waals surface area contributed by atoms with Crippen LogP contribution in [-0.2, 0) is 27.7 Å². The van der Waals surface area contributed by atoms with E-state index in [1.165, 1.54) is 25.7 Å².